The van der Waals surface area contributed by atoms with Crippen LogP contribution < -0.4 is 15.4 Å². The van der Waals surface area contributed by atoms with E-state index >= 15 is 0 Å². The number of carbonyl (C=O) groups is 1. The third-order valence-corrected chi connectivity index (χ3v) is 6.39. The fourth-order valence-electron chi connectivity index (χ4n) is 4.22. The van der Waals surface area contributed by atoms with Crippen LogP contribution in [0, 0.1) is 11.3 Å². The molecule has 0 aliphatic carbocycles. The SMILES string of the molecule is CC(C)(C(=O)O)c1cccc(CCN[C@H](c2ccccc2)[C@H]2CNc3cccc(C#N)c3O2)c1. The minimum Gasteiger partial charge on any atom is -0.483 e. The van der Waals surface area contributed by atoms with Crippen molar-refractivity contribution in [3.05, 3.63) is 95.1 Å². The molecule has 174 valence electrons. The highest BCUT2D eigenvalue weighted by atomic mass is 16.5. The van der Waals surface area contributed by atoms with E-state index in [0.717, 1.165) is 28.8 Å². The molecule has 1 aliphatic rings. The number of nitriles is 1. The highest BCUT2D eigenvalue weighted by Crippen LogP contribution is 2.35. The Hall–Kier alpha value is -3.82. The molecule has 1 heterocycles. The summed E-state index contributed by atoms with van der Waals surface area (Å²) in [4.78, 5) is 11.6. The fourth-order valence-corrected chi connectivity index (χ4v) is 4.22. The molecule has 0 radical (unpaired) electrons. The van der Waals surface area contributed by atoms with Gasteiger partial charge >= 0.3 is 5.97 Å². The molecule has 3 aromatic rings. The molecule has 0 bridgehead atoms. The minimum atomic E-state index is -0.941. The second-order valence-corrected chi connectivity index (χ2v) is 9.05. The normalized spacial score (nSPS) is 15.9. The largest absolute Gasteiger partial charge is 0.483 e. The smallest absolute Gasteiger partial charge is 0.313 e. The van der Waals surface area contributed by atoms with Gasteiger partial charge in [-0.05, 0) is 55.6 Å². The highest BCUT2D eigenvalue weighted by Gasteiger charge is 2.31. The van der Waals surface area contributed by atoms with Crippen molar-refractivity contribution in [2.45, 2.75) is 37.8 Å². The number of carboxylic acids is 1. The van der Waals surface area contributed by atoms with Crippen LogP contribution >= 0.6 is 0 Å². The molecule has 3 N–H and O–H groups in total. The summed E-state index contributed by atoms with van der Waals surface area (Å²) in [5.74, 6) is -0.251. The molecule has 3 aromatic carbocycles. The van der Waals surface area contributed by atoms with Gasteiger partial charge in [-0.3, -0.25) is 4.79 Å². The molecule has 2 atom stereocenters. The Morgan fingerprint density at radius 2 is 1.94 bits per heavy atom. The van der Waals surface area contributed by atoms with Crippen molar-refractivity contribution in [2.75, 3.05) is 18.4 Å². The molecule has 4 rings (SSSR count). The number of aliphatic carboxylic acids is 1. The van der Waals surface area contributed by atoms with E-state index < -0.39 is 11.4 Å². The lowest BCUT2D eigenvalue weighted by molar-refractivity contribution is -0.142. The van der Waals surface area contributed by atoms with E-state index in [1.165, 1.54) is 0 Å². The standard InChI is InChI=1S/C28H29N3O3/c1-28(2,27(32)33)22-12-6-8-19(16-22)14-15-30-25(20-9-4-3-5-10-20)24-18-31-23-13-7-11-21(17-29)26(23)34-24/h3-13,16,24-25,30-31H,14-15,18H2,1-2H3,(H,32,33)/t24-,25-/m1/s1. The number of carboxylic acid groups (broad SMARTS) is 1. The van der Waals surface area contributed by atoms with Crippen molar-refractivity contribution >= 4 is 11.7 Å². The molecule has 0 fully saturated rings. The zero-order valence-electron chi connectivity index (χ0n) is 19.4. The van der Waals surface area contributed by atoms with E-state index in [9.17, 15) is 15.2 Å². The molecule has 0 unspecified atom stereocenters. The molecule has 0 saturated carbocycles. The topological polar surface area (TPSA) is 94.4 Å². The van der Waals surface area contributed by atoms with Gasteiger partial charge in [-0.15, -0.1) is 0 Å². The van der Waals surface area contributed by atoms with Crippen molar-refractivity contribution in [1.82, 2.24) is 5.32 Å². The minimum absolute atomic E-state index is 0.0905. The Labute approximate surface area is 200 Å². The average molecular weight is 456 g/mol. The second kappa shape index (κ2) is 9.98. The first-order valence-corrected chi connectivity index (χ1v) is 11.4. The molecule has 34 heavy (non-hydrogen) atoms. The molecule has 0 amide bonds. The van der Waals surface area contributed by atoms with Crippen molar-refractivity contribution in [1.29, 1.82) is 5.26 Å². The Morgan fingerprint density at radius 3 is 2.68 bits per heavy atom. The van der Waals surface area contributed by atoms with Crippen LogP contribution in [0.1, 0.15) is 42.1 Å². The van der Waals surface area contributed by atoms with Crippen LogP contribution in [0.5, 0.6) is 5.75 Å². The van der Waals surface area contributed by atoms with Crippen molar-refractivity contribution in [3.8, 4) is 11.8 Å². The van der Waals surface area contributed by atoms with Gasteiger partial charge in [0.2, 0.25) is 0 Å². The summed E-state index contributed by atoms with van der Waals surface area (Å²) >= 11 is 0. The van der Waals surface area contributed by atoms with Gasteiger partial charge in [-0.1, -0.05) is 60.7 Å². The van der Waals surface area contributed by atoms with Gasteiger partial charge in [0.05, 0.1) is 29.3 Å². The van der Waals surface area contributed by atoms with Crippen LogP contribution in [0.2, 0.25) is 0 Å². The maximum atomic E-state index is 11.6. The third-order valence-electron chi connectivity index (χ3n) is 6.39. The zero-order valence-corrected chi connectivity index (χ0v) is 19.4. The van der Waals surface area contributed by atoms with E-state index in [0.29, 0.717) is 24.4 Å². The van der Waals surface area contributed by atoms with Crippen molar-refractivity contribution in [2.24, 2.45) is 0 Å². The lowest BCUT2D eigenvalue weighted by Crippen LogP contribution is -2.43. The van der Waals surface area contributed by atoms with Gasteiger partial charge in [-0.25, -0.2) is 0 Å². The van der Waals surface area contributed by atoms with Crippen LogP contribution in [-0.2, 0) is 16.6 Å². The molecule has 6 heteroatoms. The van der Waals surface area contributed by atoms with Crippen LogP contribution in [0.4, 0.5) is 5.69 Å². The van der Waals surface area contributed by atoms with E-state index in [1.807, 2.05) is 54.6 Å². The Bertz CT molecular complexity index is 1200. The summed E-state index contributed by atoms with van der Waals surface area (Å²) in [5.41, 5.74) is 3.37. The van der Waals surface area contributed by atoms with E-state index in [4.69, 9.17) is 4.74 Å². The molecule has 0 spiro atoms. The van der Waals surface area contributed by atoms with Crippen LogP contribution in [0.15, 0.2) is 72.8 Å². The number of ether oxygens (including phenoxy) is 1. The number of hydrogen-bond donors (Lipinski definition) is 3. The summed E-state index contributed by atoms with van der Waals surface area (Å²) in [6.45, 7) is 4.73. The van der Waals surface area contributed by atoms with Gasteiger partial charge in [0, 0.05) is 0 Å². The second-order valence-electron chi connectivity index (χ2n) is 9.05. The first-order valence-electron chi connectivity index (χ1n) is 11.4. The molecule has 6 nitrogen and oxygen atoms in total. The zero-order chi connectivity index (χ0) is 24.1. The summed E-state index contributed by atoms with van der Waals surface area (Å²) in [7, 11) is 0. The monoisotopic (exact) mass is 455 g/mol. The first kappa shape index (κ1) is 23.3. The van der Waals surface area contributed by atoms with Gasteiger partial charge in [-0.2, -0.15) is 5.26 Å². The molecular formula is C28H29N3O3. The number of nitrogens with one attached hydrogen (secondary N) is 2. The number of fused-ring (bicyclic) bond motifs is 1. The number of rotatable bonds is 8. The lowest BCUT2D eigenvalue weighted by atomic mass is 9.84. The predicted molar refractivity (Wildman–Crippen MR) is 132 cm³/mol. The third kappa shape index (κ3) is 4.90. The lowest BCUT2D eigenvalue weighted by Gasteiger charge is -2.34. The maximum absolute atomic E-state index is 11.6. The van der Waals surface area contributed by atoms with E-state index in [-0.39, 0.29) is 12.1 Å². The number of nitrogens with zero attached hydrogens (tertiary/aromatic N) is 1. The van der Waals surface area contributed by atoms with Gasteiger partial charge in [0.15, 0.2) is 5.75 Å². The molecular weight excluding hydrogens is 426 g/mol. The fraction of sp³-hybridized carbons (Fsp3) is 0.286. The molecule has 0 saturated heterocycles. The van der Waals surface area contributed by atoms with Crippen molar-refractivity contribution in [3.63, 3.8) is 0 Å². The van der Waals surface area contributed by atoms with Crippen LogP contribution in [0.3, 0.4) is 0 Å². The highest BCUT2D eigenvalue weighted by molar-refractivity contribution is 5.80. The van der Waals surface area contributed by atoms with E-state index in [2.05, 4.69) is 28.8 Å². The maximum Gasteiger partial charge on any atom is 0.313 e. The van der Waals surface area contributed by atoms with Crippen LogP contribution in [-0.4, -0.2) is 30.3 Å². The summed E-state index contributed by atoms with van der Waals surface area (Å²) in [5, 5.41) is 26.1. The molecule has 1 aliphatic heterocycles. The van der Waals surface area contributed by atoms with Gasteiger partial charge < -0.3 is 20.5 Å². The predicted octanol–water partition coefficient (Wildman–Crippen LogP) is 4.67. The summed E-state index contributed by atoms with van der Waals surface area (Å²) in [6.07, 6.45) is 0.536. The number of para-hydroxylation sites is 1. The average Bonchev–Trinajstić information content (AvgIpc) is 2.86. The summed E-state index contributed by atoms with van der Waals surface area (Å²) in [6, 6.07) is 25.6. The number of hydrogen-bond acceptors (Lipinski definition) is 5. The Balaban J connectivity index is 1.51. The Kier molecular flexibility index (Phi) is 6.85. The quantitative estimate of drug-likeness (QED) is 0.457. The van der Waals surface area contributed by atoms with Crippen LogP contribution in [0.25, 0.3) is 0 Å². The number of anilines is 1. The van der Waals surface area contributed by atoms with E-state index in [1.54, 1.807) is 19.9 Å². The summed E-state index contributed by atoms with van der Waals surface area (Å²) < 4.78 is 6.35. The van der Waals surface area contributed by atoms with Gasteiger partial charge in [0.1, 0.15) is 12.2 Å². The molecule has 0 aromatic heterocycles. The Morgan fingerprint density at radius 1 is 1.18 bits per heavy atom. The first-order chi connectivity index (χ1) is 16.4. The number of benzene rings is 3. The van der Waals surface area contributed by atoms with Gasteiger partial charge in [0.25, 0.3) is 0 Å². The van der Waals surface area contributed by atoms with Crippen molar-refractivity contribution < 1.29 is 14.6 Å².